The molecule has 2 atom stereocenters. The summed E-state index contributed by atoms with van der Waals surface area (Å²) < 4.78 is 5.63. The molecule has 1 aromatic carbocycles. The number of hydrogen-bond acceptors (Lipinski definition) is 3. The maximum atomic E-state index is 12.2. The maximum absolute atomic E-state index is 12.2. The van der Waals surface area contributed by atoms with E-state index in [0.29, 0.717) is 23.9 Å². The summed E-state index contributed by atoms with van der Waals surface area (Å²) in [5.41, 5.74) is 0. The number of nitrogens with zero attached hydrogens (tertiary/aromatic N) is 1. The van der Waals surface area contributed by atoms with Gasteiger partial charge in [0.1, 0.15) is 0 Å². The van der Waals surface area contributed by atoms with Crippen molar-refractivity contribution in [3.8, 4) is 0 Å². The third-order valence-corrected chi connectivity index (χ3v) is 4.20. The molecule has 0 saturated carbocycles. The van der Waals surface area contributed by atoms with Gasteiger partial charge in [0.25, 0.3) is 0 Å². The summed E-state index contributed by atoms with van der Waals surface area (Å²) in [6, 6.07) is 7.55. The summed E-state index contributed by atoms with van der Waals surface area (Å²) in [5, 5.41) is 0.714. The van der Waals surface area contributed by atoms with E-state index in [0.717, 1.165) is 4.90 Å². The van der Waals surface area contributed by atoms with Crippen molar-refractivity contribution in [3.63, 3.8) is 0 Å². The molecule has 1 saturated heterocycles. The molecular formula is C14H18ClNO2S. The van der Waals surface area contributed by atoms with E-state index in [9.17, 15) is 4.79 Å². The Balaban J connectivity index is 1.85. The second-order valence-corrected chi connectivity index (χ2v) is 6.28. The quantitative estimate of drug-likeness (QED) is 0.803. The Morgan fingerprint density at radius 2 is 1.89 bits per heavy atom. The van der Waals surface area contributed by atoms with Crippen LogP contribution in [0.15, 0.2) is 29.2 Å². The van der Waals surface area contributed by atoms with Crippen LogP contribution in [0.5, 0.6) is 0 Å². The standard InChI is InChI=1S/C14H18ClNO2S/c1-10-7-16(8-11(2)18-10)14(17)9-19-13-5-3-12(15)4-6-13/h3-6,10-11H,7-9H2,1-2H3/t10-,11-/m1/s1. The van der Waals surface area contributed by atoms with E-state index in [1.807, 2.05) is 43.0 Å². The van der Waals surface area contributed by atoms with Crippen molar-refractivity contribution in [2.45, 2.75) is 31.0 Å². The van der Waals surface area contributed by atoms with Crippen molar-refractivity contribution in [2.75, 3.05) is 18.8 Å². The Kier molecular flexibility index (Phi) is 5.13. The summed E-state index contributed by atoms with van der Waals surface area (Å²) in [7, 11) is 0. The lowest BCUT2D eigenvalue weighted by Crippen LogP contribution is -2.48. The van der Waals surface area contributed by atoms with E-state index in [4.69, 9.17) is 16.3 Å². The first-order valence-electron chi connectivity index (χ1n) is 6.36. The molecule has 0 radical (unpaired) electrons. The van der Waals surface area contributed by atoms with Gasteiger partial charge in [0.15, 0.2) is 0 Å². The Bertz CT molecular complexity index is 428. The van der Waals surface area contributed by atoms with Gasteiger partial charge in [-0.25, -0.2) is 0 Å². The van der Waals surface area contributed by atoms with E-state index >= 15 is 0 Å². The summed E-state index contributed by atoms with van der Waals surface area (Å²) >= 11 is 7.37. The van der Waals surface area contributed by atoms with Gasteiger partial charge in [-0.3, -0.25) is 4.79 Å². The van der Waals surface area contributed by atoms with Crippen LogP contribution in [0.3, 0.4) is 0 Å². The summed E-state index contributed by atoms with van der Waals surface area (Å²) in [4.78, 5) is 15.1. The molecule has 1 fully saturated rings. The fourth-order valence-electron chi connectivity index (χ4n) is 2.15. The normalized spacial score (nSPS) is 23.4. The highest BCUT2D eigenvalue weighted by Crippen LogP contribution is 2.21. The molecule has 1 aliphatic heterocycles. The van der Waals surface area contributed by atoms with Crippen LogP contribution in [-0.2, 0) is 9.53 Å². The predicted molar refractivity (Wildman–Crippen MR) is 78.8 cm³/mol. The summed E-state index contributed by atoms with van der Waals surface area (Å²) in [6.45, 7) is 5.37. The van der Waals surface area contributed by atoms with Crippen LogP contribution in [0.1, 0.15) is 13.8 Å². The number of benzene rings is 1. The smallest absolute Gasteiger partial charge is 0.233 e. The van der Waals surface area contributed by atoms with E-state index in [2.05, 4.69) is 0 Å². The molecular weight excluding hydrogens is 282 g/mol. The number of carbonyl (C=O) groups excluding carboxylic acids is 1. The number of amides is 1. The first-order valence-corrected chi connectivity index (χ1v) is 7.72. The van der Waals surface area contributed by atoms with Gasteiger partial charge in [-0.1, -0.05) is 11.6 Å². The third kappa shape index (κ3) is 4.41. The average Bonchev–Trinajstić information content (AvgIpc) is 2.36. The molecule has 0 aromatic heterocycles. The molecule has 19 heavy (non-hydrogen) atoms. The molecule has 1 heterocycles. The lowest BCUT2D eigenvalue weighted by atomic mass is 10.2. The monoisotopic (exact) mass is 299 g/mol. The zero-order chi connectivity index (χ0) is 13.8. The van der Waals surface area contributed by atoms with Gasteiger partial charge in [-0.2, -0.15) is 0 Å². The number of halogens is 1. The molecule has 1 aromatic rings. The van der Waals surface area contributed by atoms with Gasteiger partial charge in [0, 0.05) is 23.0 Å². The van der Waals surface area contributed by atoms with Crippen LogP contribution < -0.4 is 0 Å². The van der Waals surface area contributed by atoms with Gasteiger partial charge >= 0.3 is 0 Å². The van der Waals surface area contributed by atoms with E-state index in [1.54, 1.807) is 11.8 Å². The summed E-state index contributed by atoms with van der Waals surface area (Å²) in [6.07, 6.45) is 0.237. The Hall–Kier alpha value is -0.710. The molecule has 5 heteroatoms. The molecule has 0 N–H and O–H groups in total. The molecule has 0 unspecified atom stereocenters. The zero-order valence-corrected chi connectivity index (χ0v) is 12.7. The molecule has 3 nitrogen and oxygen atoms in total. The number of rotatable bonds is 3. The van der Waals surface area contributed by atoms with Gasteiger partial charge < -0.3 is 9.64 Å². The largest absolute Gasteiger partial charge is 0.372 e. The highest BCUT2D eigenvalue weighted by molar-refractivity contribution is 8.00. The lowest BCUT2D eigenvalue weighted by Gasteiger charge is -2.35. The first-order chi connectivity index (χ1) is 9.04. The number of hydrogen-bond donors (Lipinski definition) is 0. The van der Waals surface area contributed by atoms with Crippen LogP contribution in [0.2, 0.25) is 5.02 Å². The molecule has 1 amide bonds. The van der Waals surface area contributed by atoms with Crippen molar-refractivity contribution in [3.05, 3.63) is 29.3 Å². The minimum absolute atomic E-state index is 0.119. The maximum Gasteiger partial charge on any atom is 0.233 e. The van der Waals surface area contributed by atoms with Crippen molar-refractivity contribution in [1.29, 1.82) is 0 Å². The van der Waals surface area contributed by atoms with Crippen LogP contribution in [0.4, 0.5) is 0 Å². The topological polar surface area (TPSA) is 29.5 Å². The SMILES string of the molecule is C[C@@H]1CN(C(=O)CSc2ccc(Cl)cc2)C[C@@H](C)O1. The molecule has 2 rings (SSSR count). The van der Waals surface area contributed by atoms with Gasteiger partial charge in [0.2, 0.25) is 5.91 Å². The second kappa shape index (κ2) is 6.64. The van der Waals surface area contributed by atoms with Crippen molar-refractivity contribution >= 4 is 29.3 Å². The fourth-order valence-corrected chi connectivity index (χ4v) is 3.08. The number of ether oxygens (including phenoxy) is 1. The van der Waals surface area contributed by atoms with Gasteiger partial charge in [-0.15, -0.1) is 11.8 Å². The van der Waals surface area contributed by atoms with Crippen molar-refractivity contribution in [1.82, 2.24) is 4.90 Å². The fraction of sp³-hybridized carbons (Fsp3) is 0.500. The number of carbonyl (C=O) groups is 1. The number of thioether (sulfide) groups is 1. The molecule has 1 aliphatic rings. The van der Waals surface area contributed by atoms with Crippen molar-refractivity contribution in [2.24, 2.45) is 0 Å². The van der Waals surface area contributed by atoms with E-state index in [1.165, 1.54) is 0 Å². The minimum Gasteiger partial charge on any atom is -0.372 e. The number of morpholine rings is 1. The third-order valence-electron chi connectivity index (χ3n) is 2.95. The molecule has 104 valence electrons. The molecule has 0 bridgehead atoms. The van der Waals surface area contributed by atoms with Crippen LogP contribution in [-0.4, -0.2) is 41.9 Å². The van der Waals surface area contributed by atoms with E-state index < -0.39 is 0 Å². The Morgan fingerprint density at radius 3 is 2.47 bits per heavy atom. The summed E-state index contributed by atoms with van der Waals surface area (Å²) in [5.74, 6) is 0.628. The highest BCUT2D eigenvalue weighted by atomic mass is 35.5. The minimum atomic E-state index is 0.119. The first kappa shape index (κ1) is 14.7. The lowest BCUT2D eigenvalue weighted by molar-refractivity contribution is -0.140. The zero-order valence-electron chi connectivity index (χ0n) is 11.1. The van der Waals surface area contributed by atoms with Crippen molar-refractivity contribution < 1.29 is 9.53 Å². The molecule has 0 aliphatic carbocycles. The van der Waals surface area contributed by atoms with Crippen LogP contribution in [0, 0.1) is 0 Å². The van der Waals surface area contributed by atoms with Crippen LogP contribution in [0.25, 0.3) is 0 Å². The second-order valence-electron chi connectivity index (χ2n) is 4.80. The Labute approximate surface area is 123 Å². The average molecular weight is 300 g/mol. The highest BCUT2D eigenvalue weighted by Gasteiger charge is 2.25. The molecule has 0 spiro atoms. The predicted octanol–water partition coefficient (Wildman–Crippen LogP) is 3.07. The van der Waals surface area contributed by atoms with Gasteiger partial charge in [0.05, 0.1) is 18.0 Å². The van der Waals surface area contributed by atoms with Gasteiger partial charge in [-0.05, 0) is 38.1 Å². The Morgan fingerprint density at radius 1 is 1.32 bits per heavy atom. The van der Waals surface area contributed by atoms with E-state index in [-0.39, 0.29) is 18.1 Å². The van der Waals surface area contributed by atoms with Crippen LogP contribution >= 0.6 is 23.4 Å².